The van der Waals surface area contributed by atoms with Crippen LogP contribution in [-0.4, -0.2) is 32.3 Å². The van der Waals surface area contributed by atoms with Gasteiger partial charge in [0.25, 0.3) is 5.56 Å². The van der Waals surface area contributed by atoms with Crippen molar-refractivity contribution in [3.63, 3.8) is 0 Å². The molecule has 0 radical (unpaired) electrons. The van der Waals surface area contributed by atoms with E-state index in [-0.39, 0.29) is 11.2 Å². The maximum Gasteiger partial charge on any atom is 0.332 e. The van der Waals surface area contributed by atoms with Crippen molar-refractivity contribution in [2.45, 2.75) is 33.4 Å². The number of hydrogen-bond acceptors (Lipinski definition) is 5. The van der Waals surface area contributed by atoms with E-state index in [9.17, 15) is 9.59 Å². The van der Waals surface area contributed by atoms with Crippen LogP contribution in [0.4, 0.5) is 11.6 Å². The molecule has 0 spiro atoms. The van der Waals surface area contributed by atoms with Crippen LogP contribution in [0.25, 0.3) is 11.2 Å². The smallest absolute Gasteiger partial charge is 0.332 e. The summed E-state index contributed by atoms with van der Waals surface area (Å²) in [5, 5.41) is 0. The van der Waals surface area contributed by atoms with Gasteiger partial charge >= 0.3 is 5.69 Å². The highest BCUT2D eigenvalue weighted by molar-refractivity contribution is 5.77. The molecule has 1 aliphatic rings. The van der Waals surface area contributed by atoms with E-state index in [1.807, 2.05) is 35.8 Å². The minimum absolute atomic E-state index is 0.262. The van der Waals surface area contributed by atoms with Gasteiger partial charge < -0.3 is 14.2 Å². The summed E-state index contributed by atoms with van der Waals surface area (Å²) in [7, 11) is 3.32. The molecule has 0 fully saturated rings. The van der Waals surface area contributed by atoms with E-state index in [1.165, 1.54) is 9.13 Å². The first kappa shape index (κ1) is 18.3. The van der Waals surface area contributed by atoms with Gasteiger partial charge in [0.05, 0.1) is 7.11 Å². The summed E-state index contributed by atoms with van der Waals surface area (Å²) in [6.07, 6.45) is 0.718. The number of benzene rings is 1. The Bertz CT molecular complexity index is 1140. The van der Waals surface area contributed by atoms with E-state index < -0.39 is 0 Å². The highest BCUT2D eigenvalue weighted by Crippen LogP contribution is 2.33. The third kappa shape index (κ3) is 2.71. The van der Waals surface area contributed by atoms with Gasteiger partial charge in [-0.2, -0.15) is 4.98 Å². The van der Waals surface area contributed by atoms with Gasteiger partial charge in [-0.15, -0.1) is 0 Å². The van der Waals surface area contributed by atoms with E-state index in [2.05, 4.69) is 11.8 Å². The first-order valence-electron chi connectivity index (χ1n) is 9.57. The molecular formula is C20H25N5O3. The summed E-state index contributed by atoms with van der Waals surface area (Å²) in [5.74, 6) is 1.80. The maximum absolute atomic E-state index is 13.1. The molecule has 28 heavy (non-hydrogen) atoms. The van der Waals surface area contributed by atoms with E-state index in [0.29, 0.717) is 36.1 Å². The van der Waals surface area contributed by atoms with E-state index in [0.717, 1.165) is 24.4 Å². The Hall–Kier alpha value is -3.03. The zero-order valence-corrected chi connectivity index (χ0v) is 16.7. The van der Waals surface area contributed by atoms with Crippen molar-refractivity contribution in [1.29, 1.82) is 0 Å². The number of methoxy groups -OCH3 is 1. The topological polar surface area (TPSA) is 74.3 Å². The minimum atomic E-state index is -0.321. The van der Waals surface area contributed by atoms with Crippen LogP contribution < -0.4 is 20.9 Å². The van der Waals surface area contributed by atoms with Crippen molar-refractivity contribution >= 4 is 22.8 Å². The fourth-order valence-electron chi connectivity index (χ4n) is 3.91. The first-order valence-corrected chi connectivity index (χ1v) is 9.57. The molecule has 8 nitrogen and oxygen atoms in total. The summed E-state index contributed by atoms with van der Waals surface area (Å²) < 4.78 is 10.0. The molecule has 0 N–H and O–H groups in total. The molecule has 0 bridgehead atoms. The molecule has 0 aliphatic carbocycles. The molecule has 148 valence electrons. The number of aromatic nitrogens is 4. The van der Waals surface area contributed by atoms with Crippen LogP contribution in [0.15, 0.2) is 33.9 Å². The van der Waals surface area contributed by atoms with Crippen molar-refractivity contribution in [3.8, 4) is 5.75 Å². The van der Waals surface area contributed by atoms with Gasteiger partial charge in [0.1, 0.15) is 5.75 Å². The number of ether oxygens (including phenoxy) is 1. The third-order valence-electron chi connectivity index (χ3n) is 5.27. The molecule has 2 aromatic heterocycles. The molecule has 3 heterocycles. The van der Waals surface area contributed by atoms with E-state index >= 15 is 0 Å². The minimum Gasteiger partial charge on any atom is -0.497 e. The van der Waals surface area contributed by atoms with Crippen LogP contribution in [0.3, 0.4) is 0 Å². The number of imidazole rings is 1. The molecule has 0 unspecified atom stereocenters. The standard InChI is InChI=1S/C20H25N5O3/c1-5-10-23-18(26)16-17(22(3)20(23)27)21-19-24(11-13(2)12-25(16)19)14-6-8-15(28-4)9-7-14/h6-9,13H,5,10-12H2,1-4H3/t13-/m1/s1. The van der Waals surface area contributed by atoms with Crippen LogP contribution in [0, 0.1) is 5.92 Å². The second-order valence-electron chi connectivity index (χ2n) is 7.41. The first-order chi connectivity index (χ1) is 13.5. The lowest BCUT2D eigenvalue weighted by Gasteiger charge is -2.33. The molecule has 0 amide bonds. The molecule has 0 saturated carbocycles. The van der Waals surface area contributed by atoms with Gasteiger partial charge in [0, 0.05) is 32.4 Å². The highest BCUT2D eigenvalue weighted by atomic mass is 16.5. The fourth-order valence-corrected chi connectivity index (χ4v) is 3.91. The van der Waals surface area contributed by atoms with Crippen molar-refractivity contribution in [2.24, 2.45) is 13.0 Å². The average Bonchev–Trinajstić information content (AvgIpc) is 3.08. The van der Waals surface area contributed by atoms with Gasteiger partial charge in [0.2, 0.25) is 5.95 Å². The SMILES string of the molecule is CCCn1c(=O)c2c(nc3n2C[C@H](C)CN3c2ccc(OC)cc2)n(C)c1=O. The normalized spacial score (nSPS) is 16.4. The van der Waals surface area contributed by atoms with Crippen molar-refractivity contribution in [2.75, 3.05) is 18.6 Å². The van der Waals surface area contributed by atoms with Gasteiger partial charge in [-0.1, -0.05) is 13.8 Å². The predicted octanol–water partition coefficient (Wildman–Crippen LogP) is 2.10. The number of fused-ring (bicyclic) bond motifs is 3. The molecule has 1 aliphatic heterocycles. The number of aryl methyl sites for hydroxylation is 1. The van der Waals surface area contributed by atoms with Crippen molar-refractivity contribution in [3.05, 3.63) is 45.1 Å². The Labute approximate surface area is 162 Å². The van der Waals surface area contributed by atoms with Crippen LogP contribution in [0.1, 0.15) is 20.3 Å². The van der Waals surface area contributed by atoms with E-state index in [4.69, 9.17) is 9.72 Å². The number of nitrogens with zero attached hydrogens (tertiary/aromatic N) is 5. The monoisotopic (exact) mass is 383 g/mol. The Morgan fingerprint density at radius 1 is 1.18 bits per heavy atom. The summed E-state index contributed by atoms with van der Waals surface area (Å²) in [5.41, 5.74) is 1.32. The zero-order valence-electron chi connectivity index (χ0n) is 16.7. The van der Waals surface area contributed by atoms with Crippen molar-refractivity contribution < 1.29 is 4.74 Å². The molecule has 3 aromatic rings. The van der Waals surface area contributed by atoms with Crippen LogP contribution >= 0.6 is 0 Å². The molecule has 1 aromatic carbocycles. The highest BCUT2D eigenvalue weighted by Gasteiger charge is 2.29. The molecule has 0 saturated heterocycles. The molecular weight excluding hydrogens is 358 g/mol. The van der Waals surface area contributed by atoms with Gasteiger partial charge in [-0.05, 0) is 36.6 Å². The fraction of sp³-hybridized carbons (Fsp3) is 0.450. The maximum atomic E-state index is 13.1. The summed E-state index contributed by atoms with van der Waals surface area (Å²) in [6.45, 7) is 5.98. The molecule has 4 rings (SSSR count). The van der Waals surface area contributed by atoms with Gasteiger partial charge in [0.15, 0.2) is 11.2 Å². The summed E-state index contributed by atoms with van der Waals surface area (Å²) in [6, 6.07) is 7.78. The lowest BCUT2D eigenvalue weighted by molar-refractivity contribution is 0.414. The van der Waals surface area contributed by atoms with Crippen LogP contribution in [0.5, 0.6) is 5.75 Å². The quantitative estimate of drug-likeness (QED) is 0.690. The van der Waals surface area contributed by atoms with Crippen LogP contribution in [-0.2, 0) is 20.1 Å². The Kier molecular flexibility index (Phi) is 4.49. The van der Waals surface area contributed by atoms with E-state index in [1.54, 1.807) is 14.2 Å². The Morgan fingerprint density at radius 3 is 2.54 bits per heavy atom. The average molecular weight is 383 g/mol. The summed E-state index contributed by atoms with van der Waals surface area (Å²) >= 11 is 0. The Balaban J connectivity index is 1.96. The number of hydrogen-bond donors (Lipinski definition) is 0. The summed E-state index contributed by atoms with van der Waals surface area (Å²) in [4.78, 5) is 32.6. The number of anilines is 2. The Morgan fingerprint density at radius 2 is 1.89 bits per heavy atom. The van der Waals surface area contributed by atoms with Gasteiger partial charge in [-0.3, -0.25) is 13.9 Å². The molecule has 8 heteroatoms. The van der Waals surface area contributed by atoms with Gasteiger partial charge in [-0.25, -0.2) is 4.79 Å². The lowest BCUT2D eigenvalue weighted by Crippen LogP contribution is -2.40. The predicted molar refractivity (Wildman–Crippen MR) is 109 cm³/mol. The van der Waals surface area contributed by atoms with Crippen LogP contribution in [0.2, 0.25) is 0 Å². The second-order valence-corrected chi connectivity index (χ2v) is 7.41. The number of rotatable bonds is 4. The van der Waals surface area contributed by atoms with Crippen molar-refractivity contribution in [1.82, 2.24) is 18.7 Å². The third-order valence-corrected chi connectivity index (χ3v) is 5.27. The lowest BCUT2D eigenvalue weighted by atomic mass is 10.1. The second kappa shape index (κ2) is 6.85. The zero-order chi connectivity index (χ0) is 20.0. The largest absolute Gasteiger partial charge is 0.497 e. The molecule has 1 atom stereocenters.